The highest BCUT2D eigenvalue weighted by atomic mass is 16.7. The van der Waals surface area contributed by atoms with Gasteiger partial charge in [0.25, 0.3) is 5.91 Å². The Labute approximate surface area is 227 Å². The van der Waals surface area contributed by atoms with E-state index in [2.05, 4.69) is 5.32 Å². The molecule has 0 saturated carbocycles. The smallest absolute Gasteiger partial charge is 0.251 e. The van der Waals surface area contributed by atoms with Crippen molar-refractivity contribution in [3.63, 3.8) is 0 Å². The van der Waals surface area contributed by atoms with Crippen LogP contribution < -0.4 is 19.5 Å². The van der Waals surface area contributed by atoms with Crippen LogP contribution in [0.15, 0.2) is 97.1 Å². The first-order valence-electron chi connectivity index (χ1n) is 12.7. The lowest BCUT2D eigenvalue weighted by molar-refractivity contribution is -0.139. The number of nitrogens with one attached hydrogen (secondary N) is 1. The monoisotopic (exact) mass is 522 g/mol. The third kappa shape index (κ3) is 6.04. The summed E-state index contributed by atoms with van der Waals surface area (Å²) in [6, 6.07) is 29.0. The van der Waals surface area contributed by atoms with Gasteiger partial charge in [0, 0.05) is 12.2 Å². The minimum atomic E-state index is -0.933. The summed E-state index contributed by atoms with van der Waals surface area (Å²) in [7, 11) is 1.59. The van der Waals surface area contributed by atoms with Gasteiger partial charge in [0.15, 0.2) is 11.5 Å². The molecule has 198 valence electrons. The Bertz CT molecular complexity index is 1450. The molecule has 0 bridgehead atoms. The van der Waals surface area contributed by atoms with Crippen LogP contribution in [-0.4, -0.2) is 30.6 Å². The number of benzene rings is 4. The molecule has 1 N–H and O–H groups in total. The van der Waals surface area contributed by atoms with Gasteiger partial charge in [-0.1, -0.05) is 60.7 Å². The lowest BCUT2D eigenvalue weighted by Gasteiger charge is -2.32. The maximum atomic E-state index is 14.0. The number of amides is 2. The van der Waals surface area contributed by atoms with Crippen LogP contribution in [-0.2, 0) is 22.6 Å². The Kier molecular flexibility index (Phi) is 7.78. The van der Waals surface area contributed by atoms with Crippen LogP contribution >= 0.6 is 0 Å². The van der Waals surface area contributed by atoms with Gasteiger partial charge in [-0.2, -0.15) is 0 Å². The zero-order valence-corrected chi connectivity index (χ0v) is 21.9. The number of fused-ring (bicyclic) bond motifs is 1. The number of nitrogens with zero attached hydrogens (tertiary/aromatic N) is 1. The van der Waals surface area contributed by atoms with E-state index in [0.717, 1.165) is 16.7 Å². The highest BCUT2D eigenvalue weighted by Gasteiger charge is 2.33. The standard InChI is InChI=1S/C32H30N2O5/c1-22-8-6-7-11-25(22)20-34(30(35)18-23-9-4-3-5-10-23)31(24-12-17-28-29(19-24)39-21-38-28)32(36)33-26-13-15-27(37-2)16-14-26/h3-17,19,31H,18,20-21H2,1-2H3,(H,33,36). The minimum Gasteiger partial charge on any atom is -0.497 e. The van der Waals surface area contributed by atoms with Crippen LogP contribution in [0.2, 0.25) is 0 Å². The fourth-order valence-electron chi connectivity index (χ4n) is 4.61. The summed E-state index contributed by atoms with van der Waals surface area (Å²) in [5, 5.41) is 3.00. The summed E-state index contributed by atoms with van der Waals surface area (Å²) in [4.78, 5) is 29.7. The van der Waals surface area contributed by atoms with E-state index in [1.165, 1.54) is 0 Å². The second-order valence-electron chi connectivity index (χ2n) is 9.34. The van der Waals surface area contributed by atoms with E-state index in [0.29, 0.717) is 28.5 Å². The number of carbonyl (C=O) groups is 2. The van der Waals surface area contributed by atoms with Gasteiger partial charge >= 0.3 is 0 Å². The van der Waals surface area contributed by atoms with Gasteiger partial charge in [-0.15, -0.1) is 0 Å². The highest BCUT2D eigenvalue weighted by Crippen LogP contribution is 2.37. The van der Waals surface area contributed by atoms with E-state index in [-0.39, 0.29) is 31.6 Å². The summed E-state index contributed by atoms with van der Waals surface area (Å²) >= 11 is 0. The van der Waals surface area contributed by atoms with Crippen molar-refractivity contribution >= 4 is 17.5 Å². The molecular weight excluding hydrogens is 492 g/mol. The molecule has 39 heavy (non-hydrogen) atoms. The average molecular weight is 523 g/mol. The molecular formula is C32H30N2O5. The molecule has 0 fully saturated rings. The molecule has 0 saturated heterocycles. The molecule has 0 radical (unpaired) electrons. The van der Waals surface area contributed by atoms with E-state index >= 15 is 0 Å². The molecule has 1 aliphatic rings. The number of anilines is 1. The van der Waals surface area contributed by atoms with Crippen molar-refractivity contribution in [3.8, 4) is 17.2 Å². The van der Waals surface area contributed by atoms with Crippen LogP contribution in [0.5, 0.6) is 17.2 Å². The summed E-state index contributed by atoms with van der Waals surface area (Å²) in [5.74, 6) is 1.32. The average Bonchev–Trinajstić information content (AvgIpc) is 3.43. The molecule has 4 aromatic carbocycles. The fraction of sp³-hybridized carbons (Fsp3) is 0.188. The molecule has 1 atom stereocenters. The Balaban J connectivity index is 1.55. The zero-order valence-electron chi connectivity index (χ0n) is 21.9. The van der Waals surface area contributed by atoms with E-state index in [1.807, 2.05) is 67.6 Å². The molecule has 0 aliphatic carbocycles. The summed E-state index contributed by atoms with van der Waals surface area (Å²) in [6.45, 7) is 2.37. The minimum absolute atomic E-state index is 0.112. The Hall–Kier alpha value is -4.78. The first kappa shape index (κ1) is 25.9. The van der Waals surface area contributed by atoms with Crippen molar-refractivity contribution in [2.45, 2.75) is 25.9 Å². The van der Waals surface area contributed by atoms with Crippen molar-refractivity contribution in [2.75, 3.05) is 19.2 Å². The predicted molar refractivity (Wildman–Crippen MR) is 149 cm³/mol. The number of hydrogen-bond acceptors (Lipinski definition) is 5. The van der Waals surface area contributed by atoms with E-state index in [4.69, 9.17) is 14.2 Å². The third-order valence-corrected chi connectivity index (χ3v) is 6.75. The van der Waals surface area contributed by atoms with Gasteiger partial charge in [-0.3, -0.25) is 9.59 Å². The maximum absolute atomic E-state index is 14.0. The van der Waals surface area contributed by atoms with Crippen molar-refractivity contribution in [1.82, 2.24) is 4.90 Å². The van der Waals surface area contributed by atoms with Gasteiger partial charge in [0.1, 0.15) is 11.8 Å². The molecule has 2 amide bonds. The number of ether oxygens (including phenoxy) is 3. The molecule has 0 aromatic heterocycles. The van der Waals surface area contributed by atoms with E-state index in [9.17, 15) is 9.59 Å². The van der Waals surface area contributed by atoms with Crippen molar-refractivity contribution in [2.24, 2.45) is 0 Å². The lowest BCUT2D eigenvalue weighted by atomic mass is 9.99. The van der Waals surface area contributed by atoms with Crippen molar-refractivity contribution in [3.05, 3.63) is 119 Å². The van der Waals surface area contributed by atoms with Gasteiger partial charge in [-0.25, -0.2) is 0 Å². The summed E-state index contributed by atoms with van der Waals surface area (Å²) in [5.41, 5.74) is 4.09. The molecule has 1 unspecified atom stereocenters. The van der Waals surface area contributed by atoms with Crippen molar-refractivity contribution < 1.29 is 23.8 Å². The molecule has 5 rings (SSSR count). The van der Waals surface area contributed by atoms with Crippen LogP contribution in [0, 0.1) is 6.92 Å². The predicted octanol–water partition coefficient (Wildman–Crippen LogP) is 5.68. The van der Waals surface area contributed by atoms with Gasteiger partial charge in [0.05, 0.1) is 13.5 Å². The second-order valence-corrected chi connectivity index (χ2v) is 9.34. The Morgan fingerprint density at radius 2 is 1.62 bits per heavy atom. The largest absolute Gasteiger partial charge is 0.497 e. The van der Waals surface area contributed by atoms with Crippen molar-refractivity contribution in [1.29, 1.82) is 0 Å². The topological polar surface area (TPSA) is 77.1 Å². The fourth-order valence-corrected chi connectivity index (χ4v) is 4.61. The second kappa shape index (κ2) is 11.7. The SMILES string of the molecule is COc1ccc(NC(=O)C(c2ccc3c(c2)OCO3)N(Cc2ccccc2C)C(=O)Cc2ccccc2)cc1. The zero-order chi connectivity index (χ0) is 27.2. The van der Waals surface area contributed by atoms with Gasteiger partial charge in [0.2, 0.25) is 12.7 Å². The van der Waals surface area contributed by atoms with E-state index < -0.39 is 6.04 Å². The quantitative estimate of drug-likeness (QED) is 0.306. The molecule has 7 heteroatoms. The molecule has 1 aliphatic heterocycles. The summed E-state index contributed by atoms with van der Waals surface area (Å²) in [6.07, 6.45) is 0.156. The number of aryl methyl sites for hydroxylation is 1. The normalized spacial score (nSPS) is 12.5. The van der Waals surface area contributed by atoms with Crippen LogP contribution in [0.25, 0.3) is 0 Å². The maximum Gasteiger partial charge on any atom is 0.251 e. The Morgan fingerprint density at radius 3 is 2.36 bits per heavy atom. The van der Waals surface area contributed by atoms with Gasteiger partial charge in [-0.05, 0) is 65.6 Å². The summed E-state index contributed by atoms with van der Waals surface area (Å²) < 4.78 is 16.4. The van der Waals surface area contributed by atoms with Crippen LogP contribution in [0.3, 0.4) is 0 Å². The van der Waals surface area contributed by atoms with Gasteiger partial charge < -0.3 is 24.4 Å². The first-order chi connectivity index (χ1) is 19.0. The Morgan fingerprint density at radius 1 is 0.897 bits per heavy atom. The molecule has 4 aromatic rings. The first-order valence-corrected chi connectivity index (χ1v) is 12.7. The highest BCUT2D eigenvalue weighted by molar-refractivity contribution is 5.98. The third-order valence-electron chi connectivity index (χ3n) is 6.75. The van der Waals surface area contributed by atoms with E-state index in [1.54, 1.807) is 48.4 Å². The number of methoxy groups -OCH3 is 1. The lowest BCUT2D eigenvalue weighted by Crippen LogP contribution is -2.41. The molecule has 0 spiro atoms. The van der Waals surface area contributed by atoms with Crippen LogP contribution in [0.4, 0.5) is 5.69 Å². The van der Waals surface area contributed by atoms with Crippen LogP contribution in [0.1, 0.15) is 28.3 Å². The number of hydrogen-bond donors (Lipinski definition) is 1. The molecule has 1 heterocycles. The molecule has 7 nitrogen and oxygen atoms in total. The number of carbonyl (C=O) groups excluding carboxylic acids is 2. The number of rotatable bonds is 9.